The molecular formula is C15H24O6. The molecule has 0 spiro atoms. The van der Waals surface area contributed by atoms with Crippen LogP contribution in [0.2, 0.25) is 0 Å². The summed E-state index contributed by atoms with van der Waals surface area (Å²) in [5.74, 6) is 0.752. The van der Waals surface area contributed by atoms with Crippen molar-refractivity contribution in [2.24, 2.45) is 0 Å². The Kier molecular flexibility index (Phi) is 8.26. The van der Waals surface area contributed by atoms with Crippen LogP contribution in [0.1, 0.15) is 18.4 Å². The lowest BCUT2D eigenvalue weighted by Gasteiger charge is -2.22. The lowest BCUT2D eigenvalue weighted by Crippen LogP contribution is -2.28. The van der Waals surface area contributed by atoms with Crippen LogP contribution >= 0.6 is 0 Å². The lowest BCUT2D eigenvalue weighted by molar-refractivity contribution is -0.0405. The van der Waals surface area contributed by atoms with Gasteiger partial charge in [0, 0.05) is 12.8 Å². The molecule has 0 unspecified atom stereocenters. The molecule has 0 aliphatic rings. The lowest BCUT2D eigenvalue weighted by atomic mass is 10.1. The van der Waals surface area contributed by atoms with Crippen LogP contribution in [0.15, 0.2) is 24.3 Å². The maximum absolute atomic E-state index is 9.49. The average Bonchev–Trinajstić information content (AvgIpc) is 2.52. The maximum Gasteiger partial charge on any atom is 0.118 e. The van der Waals surface area contributed by atoms with Gasteiger partial charge in [-0.25, -0.2) is 0 Å². The zero-order valence-electron chi connectivity index (χ0n) is 12.2. The van der Waals surface area contributed by atoms with Gasteiger partial charge in [-0.15, -0.1) is 0 Å². The summed E-state index contributed by atoms with van der Waals surface area (Å²) in [6.45, 7) is -0.416. The van der Waals surface area contributed by atoms with Gasteiger partial charge in [-0.1, -0.05) is 12.1 Å². The van der Waals surface area contributed by atoms with E-state index in [0.29, 0.717) is 6.61 Å². The second kappa shape index (κ2) is 9.70. The van der Waals surface area contributed by atoms with Gasteiger partial charge in [-0.05, 0) is 17.7 Å². The van der Waals surface area contributed by atoms with Gasteiger partial charge in [0.05, 0.1) is 45.2 Å². The Bertz CT molecular complexity index is 368. The van der Waals surface area contributed by atoms with E-state index in [1.165, 1.54) is 0 Å². The summed E-state index contributed by atoms with van der Waals surface area (Å²) in [5.41, 5.74) is 0.928. The Hall–Kier alpha value is -1.18. The third-order valence-corrected chi connectivity index (χ3v) is 3.14. The van der Waals surface area contributed by atoms with Crippen LogP contribution in [0, 0.1) is 0 Å². The Morgan fingerprint density at radius 3 is 1.90 bits per heavy atom. The van der Waals surface area contributed by atoms with Crippen molar-refractivity contribution in [2.75, 3.05) is 20.3 Å². The van der Waals surface area contributed by atoms with Crippen LogP contribution in [-0.4, -0.2) is 59.1 Å². The fourth-order valence-corrected chi connectivity index (χ4v) is 1.92. The molecule has 0 heterocycles. The monoisotopic (exact) mass is 300 g/mol. The molecule has 6 heteroatoms. The molecular weight excluding hydrogens is 276 g/mol. The molecule has 0 saturated carbocycles. The molecule has 0 aliphatic carbocycles. The average molecular weight is 300 g/mol. The van der Waals surface area contributed by atoms with Crippen molar-refractivity contribution >= 4 is 0 Å². The van der Waals surface area contributed by atoms with Crippen molar-refractivity contribution in [1.29, 1.82) is 0 Å². The molecule has 1 rings (SSSR count). The molecule has 120 valence electrons. The first-order valence-electron chi connectivity index (χ1n) is 6.91. The third kappa shape index (κ3) is 6.88. The van der Waals surface area contributed by atoms with Gasteiger partial charge >= 0.3 is 0 Å². The summed E-state index contributed by atoms with van der Waals surface area (Å²) in [6, 6.07) is 7.36. The number of methoxy groups -OCH3 is 1. The normalized spacial score (nSPS) is 14.2. The first kappa shape index (κ1) is 17.9. The van der Waals surface area contributed by atoms with E-state index in [9.17, 15) is 10.2 Å². The molecule has 6 nitrogen and oxygen atoms in total. The van der Waals surface area contributed by atoms with Crippen LogP contribution in [0.25, 0.3) is 0 Å². The number of aliphatic hydroxyl groups is 4. The smallest absolute Gasteiger partial charge is 0.118 e. The summed E-state index contributed by atoms with van der Waals surface area (Å²) < 4.78 is 10.7. The van der Waals surface area contributed by atoms with Crippen molar-refractivity contribution in [1.82, 2.24) is 0 Å². The summed E-state index contributed by atoms with van der Waals surface area (Å²) in [6.07, 6.45) is -1.86. The minimum atomic E-state index is -0.906. The Morgan fingerprint density at radius 1 is 0.952 bits per heavy atom. The van der Waals surface area contributed by atoms with Crippen molar-refractivity contribution in [3.8, 4) is 5.75 Å². The van der Waals surface area contributed by atoms with Crippen molar-refractivity contribution in [3.63, 3.8) is 0 Å². The molecule has 1 aromatic rings. The zero-order chi connectivity index (χ0) is 15.7. The number of aliphatic hydroxyl groups excluding tert-OH is 4. The van der Waals surface area contributed by atoms with E-state index in [-0.39, 0.29) is 26.1 Å². The summed E-state index contributed by atoms with van der Waals surface area (Å²) in [5, 5.41) is 36.8. The highest BCUT2D eigenvalue weighted by molar-refractivity contribution is 5.26. The van der Waals surface area contributed by atoms with Crippen LogP contribution in [0.4, 0.5) is 0 Å². The minimum Gasteiger partial charge on any atom is -0.497 e. The Labute approximate surface area is 124 Å². The highest BCUT2D eigenvalue weighted by Gasteiger charge is 2.18. The van der Waals surface area contributed by atoms with E-state index < -0.39 is 18.3 Å². The second-order valence-electron chi connectivity index (χ2n) is 4.93. The van der Waals surface area contributed by atoms with E-state index in [0.717, 1.165) is 11.3 Å². The van der Waals surface area contributed by atoms with Gasteiger partial charge < -0.3 is 29.9 Å². The first-order valence-corrected chi connectivity index (χ1v) is 6.91. The molecule has 0 bridgehead atoms. The number of ether oxygens (including phenoxy) is 2. The standard InChI is InChI=1S/C15H24O6/c1-20-14-4-2-11(3-5-14)10-21-15(6-12(18)8-16)7-13(19)9-17/h2-5,12-13,15-19H,6-10H2,1H3/t12-,13-/m0/s1. The molecule has 0 aliphatic heterocycles. The largest absolute Gasteiger partial charge is 0.497 e. The molecule has 0 saturated heterocycles. The molecule has 0 aromatic heterocycles. The highest BCUT2D eigenvalue weighted by atomic mass is 16.5. The summed E-state index contributed by atoms with van der Waals surface area (Å²) >= 11 is 0. The summed E-state index contributed by atoms with van der Waals surface area (Å²) in [7, 11) is 1.59. The van der Waals surface area contributed by atoms with Gasteiger partial charge in [0.25, 0.3) is 0 Å². The van der Waals surface area contributed by atoms with E-state index in [1.54, 1.807) is 7.11 Å². The van der Waals surface area contributed by atoms with E-state index in [4.69, 9.17) is 19.7 Å². The van der Waals surface area contributed by atoms with Gasteiger partial charge in [-0.2, -0.15) is 0 Å². The third-order valence-electron chi connectivity index (χ3n) is 3.14. The van der Waals surface area contributed by atoms with E-state index in [2.05, 4.69) is 0 Å². The number of rotatable bonds is 10. The number of benzene rings is 1. The summed E-state index contributed by atoms with van der Waals surface area (Å²) in [4.78, 5) is 0. The number of hydrogen-bond acceptors (Lipinski definition) is 6. The predicted octanol–water partition coefficient (Wildman–Crippen LogP) is 0.0670. The van der Waals surface area contributed by atoms with Gasteiger partial charge in [0.2, 0.25) is 0 Å². The highest BCUT2D eigenvalue weighted by Crippen LogP contribution is 2.16. The fourth-order valence-electron chi connectivity index (χ4n) is 1.92. The Morgan fingerprint density at radius 2 is 1.48 bits per heavy atom. The van der Waals surface area contributed by atoms with Crippen molar-refractivity contribution < 1.29 is 29.9 Å². The quantitative estimate of drug-likeness (QED) is 0.488. The molecule has 0 fully saturated rings. The van der Waals surface area contributed by atoms with Crippen molar-refractivity contribution in [3.05, 3.63) is 29.8 Å². The zero-order valence-corrected chi connectivity index (χ0v) is 12.2. The minimum absolute atomic E-state index is 0.198. The fraction of sp³-hybridized carbons (Fsp3) is 0.600. The van der Waals surface area contributed by atoms with E-state index >= 15 is 0 Å². The molecule has 0 amide bonds. The van der Waals surface area contributed by atoms with Crippen LogP contribution in [0.3, 0.4) is 0 Å². The Balaban J connectivity index is 2.53. The SMILES string of the molecule is COc1ccc(COC(C[C@H](O)CO)C[C@H](O)CO)cc1. The van der Waals surface area contributed by atoms with Crippen LogP contribution < -0.4 is 4.74 Å². The molecule has 0 radical (unpaired) electrons. The van der Waals surface area contributed by atoms with Crippen LogP contribution in [-0.2, 0) is 11.3 Å². The number of hydrogen-bond donors (Lipinski definition) is 4. The molecule has 2 atom stereocenters. The molecule has 1 aromatic carbocycles. The van der Waals surface area contributed by atoms with Crippen molar-refractivity contribution in [2.45, 2.75) is 37.8 Å². The topological polar surface area (TPSA) is 99.4 Å². The molecule has 4 N–H and O–H groups in total. The predicted molar refractivity (Wildman–Crippen MR) is 77.0 cm³/mol. The second-order valence-corrected chi connectivity index (χ2v) is 4.93. The van der Waals surface area contributed by atoms with Gasteiger partial charge in [0.1, 0.15) is 5.75 Å². The molecule has 21 heavy (non-hydrogen) atoms. The first-order chi connectivity index (χ1) is 10.1. The van der Waals surface area contributed by atoms with E-state index in [1.807, 2.05) is 24.3 Å². The maximum atomic E-state index is 9.49. The van der Waals surface area contributed by atoms with Gasteiger partial charge in [-0.3, -0.25) is 0 Å². The van der Waals surface area contributed by atoms with Crippen LogP contribution in [0.5, 0.6) is 5.75 Å². The van der Waals surface area contributed by atoms with Gasteiger partial charge in [0.15, 0.2) is 0 Å².